The highest BCUT2D eigenvalue weighted by Crippen LogP contribution is 2.26. The number of rotatable bonds is 10. The van der Waals surface area contributed by atoms with E-state index in [1.54, 1.807) is 0 Å². The monoisotopic (exact) mass is 226 g/mol. The quantitative estimate of drug-likeness (QED) is 0.576. The van der Waals surface area contributed by atoms with Gasteiger partial charge in [0, 0.05) is 6.04 Å². The molecule has 0 aliphatic heterocycles. The summed E-state index contributed by atoms with van der Waals surface area (Å²) in [7, 11) is 0. The third kappa shape index (κ3) is 6.49. The Morgan fingerprint density at radius 2 is 1.94 bits per heavy atom. The molecule has 16 heavy (non-hydrogen) atoms. The lowest BCUT2D eigenvalue weighted by Gasteiger charge is -2.19. The predicted molar refractivity (Wildman–Crippen MR) is 71.8 cm³/mol. The second-order valence-electron chi connectivity index (χ2n) is 5.52. The van der Waals surface area contributed by atoms with Gasteiger partial charge in [-0.3, -0.25) is 0 Å². The average molecular weight is 226 g/mol. The number of hydrogen-bond donors (Lipinski definition) is 1. The molecule has 0 heterocycles. The minimum Gasteiger partial charge on any atom is -0.316 e. The van der Waals surface area contributed by atoms with Gasteiger partial charge in [0.15, 0.2) is 0 Å². The van der Waals surface area contributed by atoms with Crippen molar-refractivity contribution in [2.75, 3.05) is 26.2 Å². The molecular formula is C14H30N2. The maximum atomic E-state index is 3.51. The van der Waals surface area contributed by atoms with Gasteiger partial charge in [0.2, 0.25) is 0 Å². The summed E-state index contributed by atoms with van der Waals surface area (Å²) in [4.78, 5) is 2.65. The van der Waals surface area contributed by atoms with E-state index in [9.17, 15) is 0 Å². The van der Waals surface area contributed by atoms with Gasteiger partial charge >= 0.3 is 0 Å². The molecule has 0 amide bonds. The predicted octanol–water partition coefficient (Wildman–Crippen LogP) is 2.89. The first kappa shape index (κ1) is 14.0. The highest BCUT2D eigenvalue weighted by atomic mass is 15.2. The van der Waals surface area contributed by atoms with Crippen molar-refractivity contribution in [2.45, 2.75) is 58.9 Å². The zero-order valence-electron chi connectivity index (χ0n) is 11.5. The Bertz CT molecular complexity index is 164. The molecule has 1 aliphatic carbocycles. The van der Waals surface area contributed by atoms with E-state index >= 15 is 0 Å². The van der Waals surface area contributed by atoms with Crippen LogP contribution < -0.4 is 5.32 Å². The molecule has 0 bridgehead atoms. The summed E-state index contributed by atoms with van der Waals surface area (Å²) in [6.45, 7) is 11.8. The fourth-order valence-corrected chi connectivity index (χ4v) is 2.17. The van der Waals surface area contributed by atoms with E-state index in [1.807, 2.05) is 0 Å². The van der Waals surface area contributed by atoms with Crippen LogP contribution in [0.15, 0.2) is 0 Å². The first-order valence-electron chi connectivity index (χ1n) is 7.18. The minimum atomic E-state index is 0.783. The summed E-state index contributed by atoms with van der Waals surface area (Å²) in [5, 5.41) is 3.51. The average Bonchev–Trinajstić information content (AvgIpc) is 3.05. The second-order valence-corrected chi connectivity index (χ2v) is 5.52. The van der Waals surface area contributed by atoms with Gasteiger partial charge in [0.05, 0.1) is 0 Å². The van der Waals surface area contributed by atoms with E-state index in [0.29, 0.717) is 0 Å². The van der Waals surface area contributed by atoms with Gasteiger partial charge in [-0.2, -0.15) is 0 Å². The van der Waals surface area contributed by atoms with Crippen LogP contribution in [0.1, 0.15) is 52.9 Å². The first-order valence-corrected chi connectivity index (χ1v) is 7.18. The van der Waals surface area contributed by atoms with Crippen LogP contribution in [0.4, 0.5) is 0 Å². The van der Waals surface area contributed by atoms with Gasteiger partial charge in [-0.25, -0.2) is 0 Å². The van der Waals surface area contributed by atoms with Crippen molar-refractivity contribution in [1.29, 1.82) is 0 Å². The highest BCUT2D eigenvalue weighted by Gasteiger charge is 2.26. The molecule has 1 saturated carbocycles. The van der Waals surface area contributed by atoms with Crippen LogP contribution in [0.2, 0.25) is 0 Å². The van der Waals surface area contributed by atoms with E-state index in [2.05, 4.69) is 31.0 Å². The van der Waals surface area contributed by atoms with E-state index in [4.69, 9.17) is 0 Å². The maximum Gasteiger partial charge on any atom is 0.00963 e. The van der Waals surface area contributed by atoms with Crippen LogP contribution in [0.5, 0.6) is 0 Å². The molecule has 0 saturated heterocycles. The Labute approximate surface area is 102 Å². The standard InChI is InChI=1S/C14H30N2/c1-4-16(14-8-9-14)11-7-5-6-10-15-12-13(2)3/h13-15H,4-12H2,1-3H3. The number of unbranched alkanes of at least 4 members (excludes halogenated alkanes) is 2. The summed E-state index contributed by atoms with van der Waals surface area (Å²) >= 11 is 0. The summed E-state index contributed by atoms with van der Waals surface area (Å²) in [5.74, 6) is 0.783. The zero-order valence-corrected chi connectivity index (χ0v) is 11.5. The number of nitrogens with one attached hydrogen (secondary N) is 1. The maximum absolute atomic E-state index is 3.51. The van der Waals surface area contributed by atoms with Crippen molar-refractivity contribution in [3.8, 4) is 0 Å². The largest absolute Gasteiger partial charge is 0.316 e. The Morgan fingerprint density at radius 1 is 1.19 bits per heavy atom. The molecule has 0 aromatic heterocycles. The van der Waals surface area contributed by atoms with Gasteiger partial charge in [-0.05, 0) is 57.8 Å². The fourth-order valence-electron chi connectivity index (χ4n) is 2.17. The molecular weight excluding hydrogens is 196 g/mol. The van der Waals surface area contributed by atoms with Gasteiger partial charge in [-0.15, -0.1) is 0 Å². The molecule has 0 unspecified atom stereocenters. The SMILES string of the molecule is CCN(CCCCCNCC(C)C)C1CC1. The Balaban J connectivity index is 1.83. The summed E-state index contributed by atoms with van der Waals surface area (Å²) in [5.41, 5.74) is 0. The lowest BCUT2D eigenvalue weighted by molar-refractivity contribution is 0.270. The van der Waals surface area contributed by atoms with Crippen LogP contribution in [0.25, 0.3) is 0 Å². The van der Waals surface area contributed by atoms with Gasteiger partial charge in [0.25, 0.3) is 0 Å². The highest BCUT2D eigenvalue weighted by molar-refractivity contribution is 4.83. The molecule has 2 nitrogen and oxygen atoms in total. The normalized spacial score (nSPS) is 16.3. The molecule has 0 atom stereocenters. The van der Waals surface area contributed by atoms with Crippen molar-refractivity contribution in [2.24, 2.45) is 5.92 Å². The van der Waals surface area contributed by atoms with E-state index < -0.39 is 0 Å². The Morgan fingerprint density at radius 3 is 2.50 bits per heavy atom. The minimum absolute atomic E-state index is 0.783. The van der Waals surface area contributed by atoms with E-state index in [-0.39, 0.29) is 0 Å². The molecule has 1 N–H and O–H groups in total. The molecule has 1 rings (SSSR count). The Kier molecular flexibility index (Phi) is 7.06. The van der Waals surface area contributed by atoms with Crippen molar-refractivity contribution in [1.82, 2.24) is 10.2 Å². The van der Waals surface area contributed by atoms with Crippen molar-refractivity contribution < 1.29 is 0 Å². The van der Waals surface area contributed by atoms with E-state index in [1.165, 1.54) is 58.3 Å². The molecule has 0 spiro atoms. The van der Waals surface area contributed by atoms with Gasteiger partial charge in [0.1, 0.15) is 0 Å². The van der Waals surface area contributed by atoms with Crippen molar-refractivity contribution >= 4 is 0 Å². The smallest absolute Gasteiger partial charge is 0.00963 e. The van der Waals surface area contributed by atoms with Gasteiger partial charge < -0.3 is 10.2 Å². The third-order valence-corrected chi connectivity index (χ3v) is 3.32. The van der Waals surface area contributed by atoms with Gasteiger partial charge in [-0.1, -0.05) is 27.2 Å². The van der Waals surface area contributed by atoms with Crippen LogP contribution in [0, 0.1) is 5.92 Å². The molecule has 1 fully saturated rings. The van der Waals surface area contributed by atoms with Crippen LogP contribution >= 0.6 is 0 Å². The molecule has 1 aliphatic rings. The molecule has 96 valence electrons. The van der Waals surface area contributed by atoms with E-state index in [0.717, 1.165) is 12.0 Å². The molecule has 2 heteroatoms. The Hall–Kier alpha value is -0.0800. The topological polar surface area (TPSA) is 15.3 Å². The van der Waals surface area contributed by atoms with Crippen LogP contribution in [-0.4, -0.2) is 37.1 Å². The summed E-state index contributed by atoms with van der Waals surface area (Å²) in [6, 6.07) is 0.948. The van der Waals surface area contributed by atoms with Crippen molar-refractivity contribution in [3.05, 3.63) is 0 Å². The van der Waals surface area contributed by atoms with Crippen molar-refractivity contribution in [3.63, 3.8) is 0 Å². The summed E-state index contributed by atoms with van der Waals surface area (Å²) < 4.78 is 0. The molecule has 0 aromatic carbocycles. The third-order valence-electron chi connectivity index (χ3n) is 3.32. The fraction of sp³-hybridized carbons (Fsp3) is 1.00. The molecule has 0 radical (unpaired) electrons. The summed E-state index contributed by atoms with van der Waals surface area (Å²) in [6.07, 6.45) is 7.00. The lowest BCUT2D eigenvalue weighted by Crippen LogP contribution is -2.27. The van der Waals surface area contributed by atoms with Crippen LogP contribution in [0.3, 0.4) is 0 Å². The number of nitrogens with zero attached hydrogens (tertiary/aromatic N) is 1. The zero-order chi connectivity index (χ0) is 11.8. The lowest BCUT2D eigenvalue weighted by atomic mass is 10.2. The number of hydrogen-bond acceptors (Lipinski definition) is 2. The van der Waals surface area contributed by atoms with Crippen LogP contribution in [-0.2, 0) is 0 Å². The first-order chi connectivity index (χ1) is 7.74. The molecule has 0 aromatic rings. The second kappa shape index (κ2) is 8.08.